The Morgan fingerprint density at radius 2 is 2.14 bits per heavy atom. The van der Waals surface area contributed by atoms with Crippen molar-refractivity contribution < 1.29 is 22.1 Å². The monoisotopic (exact) mass is 322 g/mol. The van der Waals surface area contributed by atoms with E-state index in [0.29, 0.717) is 11.2 Å². The molecule has 0 aliphatic carbocycles. The number of ether oxygens (including phenoxy) is 1. The molecule has 0 saturated carbocycles. The molecule has 0 bridgehead atoms. The smallest absolute Gasteiger partial charge is 0.414 e. The molecule has 0 spiro atoms. The molecule has 116 valence electrons. The van der Waals surface area contributed by atoms with E-state index >= 15 is 0 Å². The maximum Gasteiger partial charge on any atom is 0.414 e. The van der Waals surface area contributed by atoms with Gasteiger partial charge in [0.25, 0.3) is 10.1 Å². The van der Waals surface area contributed by atoms with E-state index < -0.39 is 22.3 Å². The Balaban J connectivity index is 1.84. The van der Waals surface area contributed by atoms with Gasteiger partial charge in [-0.3, -0.25) is 14.1 Å². The number of rotatable bonds is 4. The van der Waals surface area contributed by atoms with Crippen molar-refractivity contribution in [3.05, 3.63) is 36.5 Å². The molecule has 0 radical (unpaired) electrons. The number of fused-ring (bicyclic) bond motifs is 1. The minimum atomic E-state index is -3.57. The van der Waals surface area contributed by atoms with E-state index in [-0.39, 0.29) is 13.2 Å². The number of hydrogen-bond donors (Lipinski definition) is 0. The lowest BCUT2D eigenvalue weighted by Gasteiger charge is -2.14. The van der Waals surface area contributed by atoms with Gasteiger partial charge in [0.2, 0.25) is 0 Å². The van der Waals surface area contributed by atoms with Crippen molar-refractivity contribution in [2.75, 3.05) is 24.3 Å². The Morgan fingerprint density at radius 3 is 2.91 bits per heavy atom. The molecule has 1 fully saturated rings. The third-order valence-corrected chi connectivity index (χ3v) is 3.81. The fourth-order valence-corrected chi connectivity index (χ4v) is 2.71. The van der Waals surface area contributed by atoms with Crippen LogP contribution in [0.15, 0.2) is 36.5 Å². The maximum atomic E-state index is 12.0. The van der Waals surface area contributed by atoms with Crippen LogP contribution in [0.2, 0.25) is 0 Å². The molecule has 1 aromatic carbocycles. The third kappa shape index (κ3) is 3.02. The predicted octanol–water partition coefficient (Wildman–Crippen LogP) is 1.54. The van der Waals surface area contributed by atoms with E-state index in [2.05, 4.69) is 9.17 Å². The lowest BCUT2D eigenvalue weighted by atomic mass is 10.2. The molecular weight excluding hydrogens is 308 g/mol. The fraction of sp³-hybridized carbons (Fsp3) is 0.286. The average molecular weight is 322 g/mol. The van der Waals surface area contributed by atoms with Gasteiger partial charge in [-0.1, -0.05) is 18.2 Å². The van der Waals surface area contributed by atoms with E-state index in [1.165, 1.54) is 4.90 Å². The number of cyclic esters (lactones) is 1. The number of para-hydroxylation sites is 1. The van der Waals surface area contributed by atoms with E-state index in [9.17, 15) is 13.2 Å². The highest BCUT2D eigenvalue weighted by molar-refractivity contribution is 7.85. The maximum absolute atomic E-state index is 12.0. The first kappa shape index (κ1) is 14.7. The van der Waals surface area contributed by atoms with Crippen molar-refractivity contribution in [2.45, 2.75) is 6.10 Å². The van der Waals surface area contributed by atoms with Gasteiger partial charge in [0.05, 0.1) is 24.0 Å². The predicted molar refractivity (Wildman–Crippen MR) is 80.2 cm³/mol. The van der Waals surface area contributed by atoms with E-state index in [4.69, 9.17) is 4.74 Å². The van der Waals surface area contributed by atoms with Gasteiger partial charge in [0.1, 0.15) is 12.7 Å². The number of benzene rings is 1. The standard InChI is InChI=1S/C14H14N2O5S/c1-22(18,19)20-9-11-8-16(14(17)21-11)12-6-2-4-10-5-3-7-15-13(10)12/h2-7,11H,8-9H2,1H3/t11-/m1/s1. The molecule has 1 atom stereocenters. The van der Waals surface area contributed by atoms with Crippen LogP contribution in [0.25, 0.3) is 10.9 Å². The molecule has 0 N–H and O–H groups in total. The Bertz CT molecular complexity index is 816. The van der Waals surface area contributed by atoms with Crippen LogP contribution >= 0.6 is 0 Å². The summed E-state index contributed by atoms with van der Waals surface area (Å²) in [7, 11) is -3.57. The normalized spacial score (nSPS) is 18.7. The fourth-order valence-electron chi connectivity index (χ4n) is 2.31. The van der Waals surface area contributed by atoms with E-state index in [1.807, 2.05) is 24.3 Å². The van der Waals surface area contributed by atoms with Crippen molar-refractivity contribution in [1.82, 2.24) is 4.98 Å². The van der Waals surface area contributed by atoms with Crippen molar-refractivity contribution in [2.24, 2.45) is 0 Å². The van der Waals surface area contributed by atoms with Crippen molar-refractivity contribution in [3.63, 3.8) is 0 Å². The van der Waals surface area contributed by atoms with Crippen LogP contribution in [0.5, 0.6) is 0 Å². The molecule has 1 aromatic heterocycles. The van der Waals surface area contributed by atoms with Crippen LogP contribution in [0.3, 0.4) is 0 Å². The van der Waals surface area contributed by atoms with Crippen molar-refractivity contribution in [3.8, 4) is 0 Å². The first-order valence-corrected chi connectivity index (χ1v) is 8.42. The Morgan fingerprint density at radius 1 is 1.36 bits per heavy atom. The van der Waals surface area contributed by atoms with Crippen molar-refractivity contribution >= 4 is 32.8 Å². The quantitative estimate of drug-likeness (QED) is 0.794. The lowest BCUT2D eigenvalue weighted by molar-refractivity contribution is 0.107. The number of carbonyl (C=O) groups excluding carboxylic acids is 1. The number of carbonyl (C=O) groups is 1. The SMILES string of the molecule is CS(=O)(=O)OC[C@H]1CN(c2cccc3cccnc23)C(=O)O1. The molecule has 2 heterocycles. The van der Waals surface area contributed by atoms with Crippen LogP contribution in [0.1, 0.15) is 0 Å². The largest absolute Gasteiger partial charge is 0.441 e. The molecule has 0 unspecified atom stereocenters. The first-order valence-electron chi connectivity index (χ1n) is 6.60. The summed E-state index contributed by atoms with van der Waals surface area (Å²) in [5.41, 5.74) is 1.32. The molecule has 2 aromatic rings. The second-order valence-electron chi connectivity index (χ2n) is 4.96. The number of anilines is 1. The molecule has 22 heavy (non-hydrogen) atoms. The third-order valence-electron chi connectivity index (χ3n) is 3.24. The van der Waals surface area contributed by atoms with Crippen LogP contribution in [-0.4, -0.2) is 45.0 Å². The summed E-state index contributed by atoms with van der Waals surface area (Å²) in [5, 5.41) is 0.906. The highest BCUT2D eigenvalue weighted by Gasteiger charge is 2.34. The van der Waals surface area contributed by atoms with Crippen LogP contribution in [0, 0.1) is 0 Å². The van der Waals surface area contributed by atoms with Gasteiger partial charge in [-0.25, -0.2) is 4.79 Å². The molecule has 1 aliphatic rings. The van der Waals surface area contributed by atoms with Gasteiger partial charge in [-0.05, 0) is 12.1 Å². The zero-order valence-corrected chi connectivity index (χ0v) is 12.6. The summed E-state index contributed by atoms with van der Waals surface area (Å²) >= 11 is 0. The lowest BCUT2D eigenvalue weighted by Crippen LogP contribution is -2.26. The van der Waals surface area contributed by atoms with Crippen LogP contribution in [0.4, 0.5) is 10.5 Å². The molecular formula is C14H14N2O5S. The van der Waals surface area contributed by atoms with E-state index in [0.717, 1.165) is 11.6 Å². The minimum Gasteiger partial charge on any atom is -0.441 e. The number of hydrogen-bond acceptors (Lipinski definition) is 6. The molecule has 7 nitrogen and oxygen atoms in total. The van der Waals surface area contributed by atoms with Gasteiger partial charge < -0.3 is 4.74 Å². The van der Waals surface area contributed by atoms with E-state index in [1.54, 1.807) is 12.3 Å². The van der Waals surface area contributed by atoms with Crippen LogP contribution in [-0.2, 0) is 19.0 Å². The second-order valence-corrected chi connectivity index (χ2v) is 6.60. The van der Waals surface area contributed by atoms with Gasteiger partial charge in [-0.2, -0.15) is 8.42 Å². The summed E-state index contributed by atoms with van der Waals surface area (Å²) in [5.74, 6) is 0. The summed E-state index contributed by atoms with van der Waals surface area (Å²) in [6.07, 6.45) is 1.43. The molecule has 1 aliphatic heterocycles. The number of pyridine rings is 1. The topological polar surface area (TPSA) is 85.8 Å². The van der Waals surface area contributed by atoms with Gasteiger partial charge in [0, 0.05) is 11.6 Å². The van der Waals surface area contributed by atoms with Gasteiger partial charge in [-0.15, -0.1) is 0 Å². The summed E-state index contributed by atoms with van der Waals surface area (Å²) in [6.45, 7) is 0.0172. The zero-order chi connectivity index (χ0) is 15.7. The highest BCUT2D eigenvalue weighted by Crippen LogP contribution is 2.28. The highest BCUT2D eigenvalue weighted by atomic mass is 32.2. The zero-order valence-electron chi connectivity index (χ0n) is 11.8. The molecule has 1 saturated heterocycles. The Labute approximate surface area is 127 Å². The Hall–Kier alpha value is -2.19. The Kier molecular flexibility index (Phi) is 3.71. The molecule has 1 amide bonds. The number of amides is 1. The van der Waals surface area contributed by atoms with Gasteiger partial charge >= 0.3 is 6.09 Å². The second kappa shape index (κ2) is 5.54. The molecule has 8 heteroatoms. The summed E-state index contributed by atoms with van der Waals surface area (Å²) in [4.78, 5) is 17.8. The number of aromatic nitrogens is 1. The average Bonchev–Trinajstić information content (AvgIpc) is 2.85. The molecule has 3 rings (SSSR count). The summed E-state index contributed by atoms with van der Waals surface area (Å²) < 4.78 is 31.8. The van der Waals surface area contributed by atoms with Gasteiger partial charge in [0.15, 0.2) is 0 Å². The van der Waals surface area contributed by atoms with Crippen molar-refractivity contribution in [1.29, 1.82) is 0 Å². The minimum absolute atomic E-state index is 0.195. The van der Waals surface area contributed by atoms with Crippen LogP contribution < -0.4 is 4.90 Å². The number of nitrogens with zero attached hydrogens (tertiary/aromatic N) is 2. The first-order chi connectivity index (χ1) is 10.4. The summed E-state index contributed by atoms with van der Waals surface area (Å²) in [6, 6.07) is 9.22.